The smallest absolute Gasteiger partial charge is 0.220 e. The number of anilines is 1. The van der Waals surface area contributed by atoms with Crippen LogP contribution in [0.1, 0.15) is 0 Å². The van der Waals surface area contributed by atoms with Gasteiger partial charge >= 0.3 is 0 Å². The SMILES string of the molecule is N=C1C(=N)C(n2c3ccccc3n3c4ccccc4nc23)=CC=C1n1c2ccccc2n2c3ccccc3nc12.Nc1ccccc1. The fourth-order valence-corrected chi connectivity index (χ4v) is 6.58. The normalized spacial score (nSPS) is 13.5. The molecule has 0 fully saturated rings. The molecule has 0 aliphatic heterocycles. The Bertz CT molecular complexity index is 2610. The van der Waals surface area contributed by atoms with E-state index in [1.165, 1.54) is 0 Å². The molecule has 4 N–H and O–H groups in total. The number of nitrogens with two attached hydrogens (primary N) is 1. The number of hydrogen-bond acceptors (Lipinski definition) is 5. The highest BCUT2D eigenvalue weighted by Gasteiger charge is 2.28. The molecule has 0 atom stereocenters. The first-order valence-corrected chi connectivity index (χ1v) is 15.2. The van der Waals surface area contributed by atoms with Crippen LogP contribution in [0.25, 0.3) is 67.1 Å². The highest BCUT2D eigenvalue weighted by atomic mass is 15.2. The Morgan fingerprint density at radius 1 is 0.426 bits per heavy atom. The Morgan fingerprint density at radius 3 is 1.19 bits per heavy atom. The standard InChI is InChI=1S/C32H20N8.C6H7N/c33-29-27(39-25-15-7-5-13-23(25)37-21-11-3-1-9-19(21)35-31(37)39)17-18-28(30(29)34)40-26-16-8-6-14-24(26)38-22-12-4-2-10-20(22)36-32(38)40;7-6-4-2-1-3-5-6/h1-18,33-34H;1-5H,7H2. The van der Waals surface area contributed by atoms with Crippen LogP contribution in [0.5, 0.6) is 0 Å². The maximum absolute atomic E-state index is 9.24. The zero-order chi connectivity index (χ0) is 31.6. The van der Waals surface area contributed by atoms with Gasteiger partial charge in [0.05, 0.1) is 55.5 Å². The maximum atomic E-state index is 9.24. The van der Waals surface area contributed by atoms with Crippen molar-refractivity contribution in [2.45, 2.75) is 0 Å². The third kappa shape index (κ3) is 3.90. The van der Waals surface area contributed by atoms with Crippen molar-refractivity contribution in [1.82, 2.24) is 27.9 Å². The lowest BCUT2D eigenvalue weighted by Gasteiger charge is -2.20. The Hall–Kier alpha value is -6.74. The highest BCUT2D eigenvalue weighted by molar-refractivity contribution is 6.66. The number of para-hydroxylation sites is 9. The topological polar surface area (TPSA) is 118 Å². The van der Waals surface area contributed by atoms with Crippen molar-refractivity contribution in [3.63, 3.8) is 0 Å². The summed E-state index contributed by atoms with van der Waals surface area (Å²) in [5.74, 6) is 1.44. The Kier molecular flexibility index (Phi) is 5.75. The molecule has 9 aromatic rings. The van der Waals surface area contributed by atoms with Crippen molar-refractivity contribution >= 4 is 84.2 Å². The van der Waals surface area contributed by atoms with Gasteiger partial charge in [0.1, 0.15) is 11.4 Å². The van der Waals surface area contributed by atoms with E-state index in [2.05, 4.69) is 33.1 Å². The van der Waals surface area contributed by atoms with E-state index < -0.39 is 0 Å². The van der Waals surface area contributed by atoms with Gasteiger partial charge in [-0.1, -0.05) is 66.7 Å². The predicted molar refractivity (Wildman–Crippen MR) is 191 cm³/mol. The van der Waals surface area contributed by atoms with E-state index in [9.17, 15) is 10.8 Å². The van der Waals surface area contributed by atoms with E-state index in [-0.39, 0.29) is 11.4 Å². The molecule has 0 amide bonds. The fourth-order valence-electron chi connectivity index (χ4n) is 6.58. The summed E-state index contributed by atoms with van der Waals surface area (Å²) in [4.78, 5) is 9.88. The minimum atomic E-state index is 0.125. The zero-order valence-corrected chi connectivity index (χ0v) is 25.0. The average Bonchev–Trinajstić information content (AvgIpc) is 3.84. The van der Waals surface area contributed by atoms with Gasteiger partial charge in [0, 0.05) is 5.69 Å². The van der Waals surface area contributed by atoms with Crippen LogP contribution in [-0.4, -0.2) is 39.3 Å². The molecule has 1 aliphatic carbocycles. The van der Waals surface area contributed by atoms with Crippen molar-refractivity contribution in [1.29, 1.82) is 10.8 Å². The third-order valence-electron chi connectivity index (χ3n) is 8.66. The van der Waals surface area contributed by atoms with Crippen molar-refractivity contribution in [2.75, 3.05) is 5.73 Å². The number of hydrogen-bond donors (Lipinski definition) is 3. The summed E-state index contributed by atoms with van der Waals surface area (Å²) in [7, 11) is 0. The Morgan fingerprint density at radius 2 is 0.787 bits per heavy atom. The van der Waals surface area contributed by atoms with Crippen LogP contribution in [0.15, 0.2) is 140 Å². The second kappa shape index (κ2) is 10.1. The molecule has 0 bridgehead atoms. The molecule has 4 heterocycles. The Balaban J connectivity index is 0.000000387. The molecule has 0 unspecified atom stereocenters. The largest absolute Gasteiger partial charge is 0.399 e. The molecule has 9 heteroatoms. The first kappa shape index (κ1) is 26.6. The number of nitrogens with one attached hydrogen (secondary N) is 2. The molecule has 10 rings (SSSR count). The van der Waals surface area contributed by atoms with Crippen molar-refractivity contribution in [3.05, 3.63) is 140 Å². The van der Waals surface area contributed by atoms with Gasteiger partial charge in [0.2, 0.25) is 11.6 Å². The van der Waals surface area contributed by atoms with Crippen LogP contribution in [0.2, 0.25) is 0 Å². The number of benzene rings is 5. The minimum Gasteiger partial charge on any atom is -0.399 e. The molecule has 0 saturated heterocycles. The lowest BCUT2D eigenvalue weighted by Crippen LogP contribution is -2.24. The number of imidazole rings is 4. The summed E-state index contributed by atoms with van der Waals surface area (Å²) in [6.45, 7) is 0. The van der Waals surface area contributed by atoms with Gasteiger partial charge in [0.25, 0.3) is 0 Å². The van der Waals surface area contributed by atoms with Crippen molar-refractivity contribution < 1.29 is 0 Å². The molecule has 4 aromatic heterocycles. The van der Waals surface area contributed by atoms with E-state index in [0.717, 1.165) is 61.4 Å². The lowest BCUT2D eigenvalue weighted by molar-refractivity contribution is 1.14. The van der Waals surface area contributed by atoms with Gasteiger partial charge in [-0.3, -0.25) is 28.8 Å². The second-order valence-corrected chi connectivity index (χ2v) is 11.4. The van der Waals surface area contributed by atoms with Gasteiger partial charge in [-0.25, -0.2) is 9.97 Å². The van der Waals surface area contributed by atoms with Crippen LogP contribution in [0.4, 0.5) is 5.69 Å². The van der Waals surface area contributed by atoms with E-state index in [1.54, 1.807) is 0 Å². The lowest BCUT2D eigenvalue weighted by atomic mass is 10.0. The highest BCUT2D eigenvalue weighted by Crippen LogP contribution is 2.34. The molecule has 0 spiro atoms. The summed E-state index contributed by atoms with van der Waals surface area (Å²) in [6, 6.07) is 41.8. The first-order chi connectivity index (χ1) is 23.1. The molecule has 224 valence electrons. The Labute approximate surface area is 267 Å². The second-order valence-electron chi connectivity index (χ2n) is 11.4. The molecule has 47 heavy (non-hydrogen) atoms. The number of aromatic nitrogens is 6. The van der Waals surface area contributed by atoms with Gasteiger partial charge in [-0.05, 0) is 72.8 Å². The van der Waals surface area contributed by atoms with E-state index in [4.69, 9.17) is 15.7 Å². The van der Waals surface area contributed by atoms with Gasteiger partial charge < -0.3 is 5.73 Å². The minimum absolute atomic E-state index is 0.125. The average molecular weight is 610 g/mol. The third-order valence-corrected chi connectivity index (χ3v) is 8.66. The summed E-state index contributed by atoms with van der Waals surface area (Å²) in [6.07, 6.45) is 3.85. The van der Waals surface area contributed by atoms with E-state index >= 15 is 0 Å². The molecule has 0 saturated carbocycles. The molecule has 9 nitrogen and oxygen atoms in total. The van der Waals surface area contributed by atoms with E-state index in [0.29, 0.717) is 11.4 Å². The number of nitrogens with zero attached hydrogens (tertiary/aromatic N) is 6. The summed E-state index contributed by atoms with van der Waals surface area (Å²) < 4.78 is 8.24. The quantitative estimate of drug-likeness (QED) is 0.137. The fraction of sp³-hybridized carbons (Fsp3) is 0. The zero-order valence-electron chi connectivity index (χ0n) is 25.0. The monoisotopic (exact) mass is 609 g/mol. The van der Waals surface area contributed by atoms with Crippen molar-refractivity contribution in [2.24, 2.45) is 0 Å². The van der Waals surface area contributed by atoms with E-state index in [1.807, 2.05) is 124 Å². The van der Waals surface area contributed by atoms with Crippen LogP contribution in [-0.2, 0) is 0 Å². The molecule has 5 aromatic carbocycles. The maximum Gasteiger partial charge on any atom is 0.220 e. The predicted octanol–water partition coefficient (Wildman–Crippen LogP) is 7.90. The molecular formula is C38H27N9. The summed E-state index contributed by atoms with van der Waals surface area (Å²) in [5, 5.41) is 18.5. The molecule has 1 aliphatic rings. The van der Waals surface area contributed by atoms with Crippen molar-refractivity contribution in [3.8, 4) is 0 Å². The van der Waals surface area contributed by atoms with Gasteiger partial charge in [-0.15, -0.1) is 0 Å². The number of fused-ring (bicyclic) bond motifs is 10. The van der Waals surface area contributed by atoms with Crippen LogP contribution >= 0.6 is 0 Å². The van der Waals surface area contributed by atoms with Gasteiger partial charge in [-0.2, -0.15) is 0 Å². The first-order valence-electron chi connectivity index (χ1n) is 15.2. The number of rotatable bonds is 2. The number of nitrogen functional groups attached to an aromatic ring is 1. The van der Waals surface area contributed by atoms with Gasteiger partial charge in [0.15, 0.2) is 0 Å². The number of allylic oxidation sites excluding steroid dienone is 4. The van der Waals surface area contributed by atoms with Crippen LogP contribution in [0.3, 0.4) is 0 Å². The summed E-state index contributed by atoms with van der Waals surface area (Å²) in [5.41, 5.74) is 15.3. The van der Waals surface area contributed by atoms with Crippen LogP contribution < -0.4 is 5.73 Å². The summed E-state index contributed by atoms with van der Waals surface area (Å²) >= 11 is 0. The van der Waals surface area contributed by atoms with Crippen LogP contribution in [0, 0.1) is 10.8 Å². The molecule has 0 radical (unpaired) electrons. The molecular weight excluding hydrogens is 582 g/mol.